The van der Waals surface area contributed by atoms with Crippen LogP contribution in [0.1, 0.15) is 0 Å². The molecule has 0 aliphatic carbocycles. The van der Waals surface area contributed by atoms with Gasteiger partial charge in [0.15, 0.2) is 5.52 Å². The van der Waals surface area contributed by atoms with Gasteiger partial charge in [0.05, 0.1) is 18.1 Å². The highest BCUT2D eigenvalue weighted by atomic mass is 16.4. The largest absolute Gasteiger partial charge is 0.480 e. The number of hydrogen-bond acceptors (Lipinski definition) is 4. The maximum Gasteiger partial charge on any atom is 0.323 e. The van der Waals surface area contributed by atoms with Crippen molar-refractivity contribution in [3.8, 4) is 11.3 Å². The number of carboxylic acids is 1. The molecule has 0 aliphatic heterocycles. The van der Waals surface area contributed by atoms with E-state index in [0.29, 0.717) is 5.69 Å². The van der Waals surface area contributed by atoms with Crippen molar-refractivity contribution in [2.75, 3.05) is 0 Å². The van der Waals surface area contributed by atoms with Crippen molar-refractivity contribution < 1.29 is 9.90 Å². The number of rotatable bonds is 3. The van der Waals surface area contributed by atoms with Crippen LogP contribution in [-0.2, 0) is 11.3 Å². The molecule has 1 N–H and O–H groups in total. The minimum Gasteiger partial charge on any atom is -0.480 e. The Morgan fingerprint density at radius 1 is 1.25 bits per heavy atom. The molecule has 0 atom stereocenters. The Hall–Kier alpha value is -2.96. The monoisotopic (exact) mass is 270 g/mol. The zero-order valence-electron chi connectivity index (χ0n) is 10.3. The van der Waals surface area contributed by atoms with E-state index in [1.54, 1.807) is 18.3 Å². The Kier molecular flexibility index (Phi) is 2.79. The molecule has 0 bridgehead atoms. The number of carboxylic acid groups (broad SMARTS) is 1. The van der Waals surface area contributed by atoms with Crippen molar-refractivity contribution in [2.45, 2.75) is 6.54 Å². The van der Waals surface area contributed by atoms with Gasteiger partial charge >= 0.3 is 5.97 Å². The van der Waals surface area contributed by atoms with Crippen LogP contribution in [0.3, 0.4) is 0 Å². The van der Waals surface area contributed by atoms with Crippen molar-refractivity contribution in [1.82, 2.24) is 19.4 Å². The molecular formula is C13H10N4O3. The average Bonchev–Trinajstić information content (AvgIpc) is 2.91. The Bertz CT molecular complexity index is 836. The molecule has 0 amide bonds. The molecule has 0 radical (unpaired) electrons. The van der Waals surface area contributed by atoms with Gasteiger partial charge in [-0.1, -0.05) is 35.5 Å². The fourth-order valence-electron chi connectivity index (χ4n) is 2.06. The number of hydrogen-bond donors (Lipinski definition) is 1. The van der Waals surface area contributed by atoms with Gasteiger partial charge in [0.2, 0.25) is 0 Å². The van der Waals surface area contributed by atoms with Gasteiger partial charge in [0.25, 0.3) is 5.56 Å². The summed E-state index contributed by atoms with van der Waals surface area (Å²) in [7, 11) is 0. The molecule has 0 aliphatic rings. The maximum absolute atomic E-state index is 12.3. The minimum atomic E-state index is -1.08. The van der Waals surface area contributed by atoms with Crippen molar-refractivity contribution in [3.63, 3.8) is 0 Å². The first-order valence-electron chi connectivity index (χ1n) is 5.88. The van der Waals surface area contributed by atoms with Crippen LogP contribution < -0.4 is 5.56 Å². The second kappa shape index (κ2) is 4.61. The zero-order chi connectivity index (χ0) is 14.1. The van der Waals surface area contributed by atoms with Gasteiger partial charge in [-0.25, -0.2) is 4.52 Å². The van der Waals surface area contributed by atoms with Gasteiger partial charge in [0, 0.05) is 0 Å². The number of nitrogens with zero attached hydrogens (tertiary/aromatic N) is 4. The summed E-state index contributed by atoms with van der Waals surface area (Å²) in [6.07, 6.45) is 2.91. The van der Waals surface area contributed by atoms with Gasteiger partial charge in [-0.2, -0.15) is 0 Å². The van der Waals surface area contributed by atoms with E-state index in [2.05, 4.69) is 10.3 Å². The molecular weight excluding hydrogens is 260 g/mol. The van der Waals surface area contributed by atoms with Crippen LogP contribution in [0, 0.1) is 0 Å². The molecule has 7 nitrogen and oxygen atoms in total. The van der Waals surface area contributed by atoms with Crippen molar-refractivity contribution >= 4 is 11.5 Å². The Labute approximate surface area is 112 Å². The second-order valence-electron chi connectivity index (χ2n) is 4.23. The van der Waals surface area contributed by atoms with E-state index in [4.69, 9.17) is 5.11 Å². The molecule has 3 aromatic rings. The molecule has 0 unspecified atom stereocenters. The van der Waals surface area contributed by atoms with E-state index in [1.807, 2.05) is 18.2 Å². The van der Waals surface area contributed by atoms with E-state index >= 15 is 0 Å². The smallest absolute Gasteiger partial charge is 0.323 e. The van der Waals surface area contributed by atoms with Crippen LogP contribution in [0.15, 0.2) is 47.5 Å². The SMILES string of the molecule is O=C(O)Cn1c(-c2ccccc2)cn2nncc2c1=O. The summed E-state index contributed by atoms with van der Waals surface area (Å²) in [5.74, 6) is -1.08. The van der Waals surface area contributed by atoms with Crippen molar-refractivity contribution in [2.24, 2.45) is 0 Å². The van der Waals surface area contributed by atoms with E-state index in [9.17, 15) is 9.59 Å². The lowest BCUT2D eigenvalue weighted by Crippen LogP contribution is -2.27. The highest BCUT2D eigenvalue weighted by Gasteiger charge is 2.14. The third-order valence-corrected chi connectivity index (χ3v) is 2.94. The van der Waals surface area contributed by atoms with Gasteiger partial charge in [-0.15, -0.1) is 5.10 Å². The number of aliphatic carboxylic acids is 1. The van der Waals surface area contributed by atoms with Crippen LogP contribution in [0.2, 0.25) is 0 Å². The highest BCUT2D eigenvalue weighted by Crippen LogP contribution is 2.17. The molecule has 0 saturated carbocycles. The molecule has 3 rings (SSSR count). The maximum atomic E-state index is 12.3. The normalized spacial score (nSPS) is 10.8. The lowest BCUT2D eigenvalue weighted by molar-refractivity contribution is -0.137. The summed E-state index contributed by atoms with van der Waals surface area (Å²) < 4.78 is 2.55. The summed E-state index contributed by atoms with van der Waals surface area (Å²) in [5.41, 5.74) is 1.03. The van der Waals surface area contributed by atoms with Gasteiger partial charge in [0.1, 0.15) is 6.54 Å². The van der Waals surface area contributed by atoms with E-state index in [0.717, 1.165) is 5.56 Å². The first kappa shape index (κ1) is 12.1. The molecule has 2 heterocycles. The first-order chi connectivity index (χ1) is 9.66. The average molecular weight is 270 g/mol. The first-order valence-corrected chi connectivity index (χ1v) is 5.88. The molecule has 1 aromatic carbocycles. The highest BCUT2D eigenvalue weighted by molar-refractivity contribution is 5.69. The van der Waals surface area contributed by atoms with Crippen LogP contribution in [0.5, 0.6) is 0 Å². The van der Waals surface area contributed by atoms with E-state index in [1.165, 1.54) is 15.3 Å². The van der Waals surface area contributed by atoms with Crippen LogP contribution in [-0.4, -0.2) is 30.5 Å². The van der Waals surface area contributed by atoms with E-state index in [-0.39, 0.29) is 5.52 Å². The number of benzene rings is 1. The third kappa shape index (κ3) is 1.95. The number of carbonyl (C=O) groups is 1. The Morgan fingerprint density at radius 3 is 2.70 bits per heavy atom. The topological polar surface area (TPSA) is 89.5 Å². The van der Waals surface area contributed by atoms with Crippen molar-refractivity contribution in [1.29, 1.82) is 0 Å². The molecule has 2 aromatic heterocycles. The molecule has 0 fully saturated rings. The third-order valence-electron chi connectivity index (χ3n) is 2.94. The summed E-state index contributed by atoms with van der Waals surface area (Å²) in [4.78, 5) is 23.3. The zero-order valence-corrected chi connectivity index (χ0v) is 10.3. The molecule has 20 heavy (non-hydrogen) atoms. The number of fused-ring (bicyclic) bond motifs is 1. The minimum absolute atomic E-state index is 0.242. The standard InChI is InChI=1S/C13H10N4O3/c18-12(19)8-16-11(9-4-2-1-3-5-9)7-17-10(13(16)20)6-14-15-17/h1-7H,8H2,(H,18,19). The summed E-state index contributed by atoms with van der Waals surface area (Å²) >= 11 is 0. The van der Waals surface area contributed by atoms with Gasteiger partial charge < -0.3 is 5.11 Å². The molecule has 7 heteroatoms. The van der Waals surface area contributed by atoms with Crippen molar-refractivity contribution in [3.05, 3.63) is 53.1 Å². The van der Waals surface area contributed by atoms with Gasteiger partial charge in [-0.05, 0) is 5.56 Å². The Morgan fingerprint density at radius 2 is 2.00 bits per heavy atom. The van der Waals surface area contributed by atoms with Gasteiger partial charge in [-0.3, -0.25) is 14.2 Å². The fourth-order valence-corrected chi connectivity index (χ4v) is 2.06. The van der Waals surface area contributed by atoms with Crippen LogP contribution >= 0.6 is 0 Å². The lowest BCUT2D eigenvalue weighted by Gasteiger charge is -2.11. The summed E-state index contributed by atoms with van der Waals surface area (Å²) in [5, 5.41) is 16.4. The summed E-state index contributed by atoms with van der Waals surface area (Å²) in [6.45, 7) is -0.412. The predicted molar refractivity (Wildman–Crippen MR) is 70.3 cm³/mol. The fraction of sp³-hybridized carbons (Fsp3) is 0.0769. The number of aromatic nitrogens is 4. The Balaban J connectivity index is 2.33. The van der Waals surface area contributed by atoms with Crippen LogP contribution in [0.25, 0.3) is 16.8 Å². The predicted octanol–water partition coefficient (Wildman–Crippen LogP) is 0.643. The molecule has 0 spiro atoms. The van der Waals surface area contributed by atoms with E-state index < -0.39 is 18.1 Å². The second-order valence-corrected chi connectivity index (χ2v) is 4.23. The molecule has 100 valence electrons. The quantitative estimate of drug-likeness (QED) is 0.754. The molecule has 0 saturated heterocycles. The summed E-state index contributed by atoms with van der Waals surface area (Å²) in [6, 6.07) is 9.08. The lowest BCUT2D eigenvalue weighted by atomic mass is 10.1. The van der Waals surface area contributed by atoms with Crippen LogP contribution in [0.4, 0.5) is 0 Å².